The molecule has 1 aromatic rings. The van der Waals surface area contributed by atoms with Crippen LogP contribution < -0.4 is 0 Å². The SMILES string of the molecule is CC#CCCC(=O)c1c(F)cc(Br)cc1F. The van der Waals surface area contributed by atoms with Gasteiger partial charge in [-0.25, -0.2) is 8.78 Å². The molecule has 0 bridgehead atoms. The predicted molar refractivity (Wildman–Crippen MR) is 61.1 cm³/mol. The Hall–Kier alpha value is -1.21. The first-order valence-electron chi connectivity index (χ1n) is 4.63. The van der Waals surface area contributed by atoms with Crippen LogP contribution in [0.5, 0.6) is 0 Å². The van der Waals surface area contributed by atoms with Gasteiger partial charge in [0.2, 0.25) is 0 Å². The Labute approximate surface area is 101 Å². The van der Waals surface area contributed by atoms with E-state index in [1.54, 1.807) is 6.92 Å². The Morgan fingerprint density at radius 2 is 1.94 bits per heavy atom. The van der Waals surface area contributed by atoms with Crippen molar-refractivity contribution in [2.75, 3.05) is 0 Å². The van der Waals surface area contributed by atoms with Gasteiger partial charge in [-0.15, -0.1) is 11.8 Å². The second kappa shape index (κ2) is 5.76. The highest BCUT2D eigenvalue weighted by atomic mass is 79.9. The second-order valence-corrected chi connectivity index (χ2v) is 4.01. The van der Waals surface area contributed by atoms with Crippen molar-refractivity contribution in [3.05, 3.63) is 33.8 Å². The molecule has 0 aromatic heterocycles. The molecular weight excluding hydrogens is 278 g/mol. The van der Waals surface area contributed by atoms with E-state index in [4.69, 9.17) is 0 Å². The van der Waals surface area contributed by atoms with Crippen molar-refractivity contribution in [2.24, 2.45) is 0 Å². The summed E-state index contributed by atoms with van der Waals surface area (Å²) in [7, 11) is 0. The Morgan fingerprint density at radius 1 is 1.38 bits per heavy atom. The number of rotatable bonds is 3. The van der Waals surface area contributed by atoms with Crippen LogP contribution in [0.2, 0.25) is 0 Å². The topological polar surface area (TPSA) is 17.1 Å². The first-order valence-corrected chi connectivity index (χ1v) is 5.43. The molecule has 0 N–H and O–H groups in total. The molecule has 1 aromatic carbocycles. The molecule has 0 aliphatic rings. The summed E-state index contributed by atoms with van der Waals surface area (Å²) in [6, 6.07) is 2.14. The fraction of sp³-hybridized carbons (Fsp3) is 0.250. The lowest BCUT2D eigenvalue weighted by Crippen LogP contribution is -2.05. The summed E-state index contributed by atoms with van der Waals surface area (Å²) in [6.07, 6.45) is 0.334. The lowest BCUT2D eigenvalue weighted by molar-refractivity contribution is 0.0976. The van der Waals surface area contributed by atoms with E-state index < -0.39 is 23.0 Å². The molecule has 0 aliphatic heterocycles. The van der Waals surface area contributed by atoms with Gasteiger partial charge in [0.15, 0.2) is 5.78 Å². The second-order valence-electron chi connectivity index (χ2n) is 3.09. The van der Waals surface area contributed by atoms with Crippen LogP contribution in [0, 0.1) is 23.5 Å². The molecule has 0 saturated heterocycles. The standard InChI is InChI=1S/C12H9BrF2O/c1-2-3-4-5-11(16)12-9(14)6-8(13)7-10(12)15/h6-7H,4-5H2,1H3. The van der Waals surface area contributed by atoms with Crippen molar-refractivity contribution >= 4 is 21.7 Å². The van der Waals surface area contributed by atoms with E-state index in [0.717, 1.165) is 12.1 Å². The number of hydrogen-bond acceptors (Lipinski definition) is 1. The number of halogens is 3. The number of carbonyl (C=O) groups excluding carboxylic acids is 1. The number of Topliss-reactive ketones (excluding diaryl/α,β-unsaturated/α-hetero) is 1. The molecule has 0 atom stereocenters. The van der Waals surface area contributed by atoms with Gasteiger partial charge in [0.25, 0.3) is 0 Å². The van der Waals surface area contributed by atoms with Crippen LogP contribution in [0.3, 0.4) is 0 Å². The van der Waals surface area contributed by atoms with Crippen molar-refractivity contribution in [3.8, 4) is 11.8 Å². The average Bonchev–Trinajstić information content (AvgIpc) is 2.16. The van der Waals surface area contributed by atoms with Crippen LogP contribution in [0.15, 0.2) is 16.6 Å². The molecule has 0 radical (unpaired) electrons. The van der Waals surface area contributed by atoms with E-state index in [-0.39, 0.29) is 10.9 Å². The van der Waals surface area contributed by atoms with Crippen molar-refractivity contribution in [3.63, 3.8) is 0 Å². The van der Waals surface area contributed by atoms with Crippen LogP contribution in [0.4, 0.5) is 8.78 Å². The minimum atomic E-state index is -0.846. The van der Waals surface area contributed by atoms with E-state index in [0.29, 0.717) is 6.42 Å². The summed E-state index contributed by atoms with van der Waals surface area (Å²) in [5, 5.41) is 0. The Morgan fingerprint density at radius 3 is 2.44 bits per heavy atom. The summed E-state index contributed by atoms with van der Waals surface area (Å²) in [6.45, 7) is 1.64. The maximum Gasteiger partial charge on any atom is 0.169 e. The third kappa shape index (κ3) is 3.14. The quantitative estimate of drug-likeness (QED) is 0.611. The zero-order chi connectivity index (χ0) is 12.1. The first kappa shape index (κ1) is 12.9. The van der Waals surface area contributed by atoms with E-state index in [2.05, 4.69) is 27.8 Å². The van der Waals surface area contributed by atoms with Gasteiger partial charge in [-0.3, -0.25) is 4.79 Å². The molecule has 84 valence electrons. The highest BCUT2D eigenvalue weighted by molar-refractivity contribution is 9.10. The highest BCUT2D eigenvalue weighted by Crippen LogP contribution is 2.20. The molecule has 0 aliphatic carbocycles. The number of hydrogen-bond donors (Lipinski definition) is 0. The third-order valence-electron chi connectivity index (χ3n) is 1.94. The molecule has 0 unspecified atom stereocenters. The van der Waals surface area contributed by atoms with Gasteiger partial charge >= 0.3 is 0 Å². The van der Waals surface area contributed by atoms with Crippen LogP contribution in [0.1, 0.15) is 30.1 Å². The van der Waals surface area contributed by atoms with Gasteiger partial charge in [-0.1, -0.05) is 15.9 Å². The fourth-order valence-corrected chi connectivity index (χ4v) is 1.64. The summed E-state index contributed by atoms with van der Waals surface area (Å²) in [5.41, 5.74) is -0.485. The number of carbonyl (C=O) groups is 1. The van der Waals surface area contributed by atoms with Crippen molar-refractivity contribution in [1.29, 1.82) is 0 Å². The van der Waals surface area contributed by atoms with Gasteiger partial charge in [0.1, 0.15) is 11.6 Å². The molecule has 0 amide bonds. The first-order chi connectivity index (χ1) is 7.56. The monoisotopic (exact) mass is 286 g/mol. The molecular formula is C12H9BrF2O. The Kier molecular flexibility index (Phi) is 4.63. The smallest absolute Gasteiger partial charge is 0.169 e. The fourth-order valence-electron chi connectivity index (χ4n) is 1.23. The minimum Gasteiger partial charge on any atom is -0.294 e. The maximum absolute atomic E-state index is 13.3. The summed E-state index contributed by atoms with van der Waals surface area (Å²) < 4.78 is 27.0. The van der Waals surface area contributed by atoms with Crippen molar-refractivity contribution < 1.29 is 13.6 Å². The number of benzene rings is 1. The van der Waals surface area contributed by atoms with E-state index >= 15 is 0 Å². The molecule has 4 heteroatoms. The molecule has 0 heterocycles. The summed E-state index contributed by atoms with van der Waals surface area (Å²) >= 11 is 2.95. The van der Waals surface area contributed by atoms with E-state index in [1.165, 1.54) is 0 Å². The molecule has 1 rings (SSSR count). The average molecular weight is 287 g/mol. The zero-order valence-electron chi connectivity index (χ0n) is 8.61. The largest absolute Gasteiger partial charge is 0.294 e. The molecule has 1 nitrogen and oxygen atoms in total. The Balaban J connectivity index is 2.94. The van der Waals surface area contributed by atoms with Gasteiger partial charge in [0.05, 0.1) is 5.56 Å². The predicted octanol–water partition coefficient (Wildman–Crippen LogP) is 3.71. The van der Waals surface area contributed by atoms with E-state index in [9.17, 15) is 13.6 Å². The lowest BCUT2D eigenvalue weighted by atomic mass is 10.1. The van der Waals surface area contributed by atoms with E-state index in [1.807, 2.05) is 0 Å². The normalized spacial score (nSPS) is 9.50. The van der Waals surface area contributed by atoms with Gasteiger partial charge in [0, 0.05) is 17.3 Å². The van der Waals surface area contributed by atoms with Crippen LogP contribution in [0.25, 0.3) is 0 Å². The van der Waals surface area contributed by atoms with Crippen LogP contribution in [-0.4, -0.2) is 5.78 Å². The summed E-state index contributed by atoms with van der Waals surface area (Å²) in [5.74, 6) is 3.03. The van der Waals surface area contributed by atoms with Gasteiger partial charge in [-0.05, 0) is 19.1 Å². The summed E-state index contributed by atoms with van der Waals surface area (Å²) in [4.78, 5) is 11.5. The van der Waals surface area contributed by atoms with Crippen LogP contribution in [-0.2, 0) is 0 Å². The zero-order valence-corrected chi connectivity index (χ0v) is 10.2. The molecule has 0 saturated carbocycles. The minimum absolute atomic E-state index is 0.0241. The van der Waals surface area contributed by atoms with Gasteiger partial charge < -0.3 is 0 Å². The maximum atomic E-state index is 13.3. The lowest BCUT2D eigenvalue weighted by Gasteiger charge is -2.03. The number of ketones is 1. The Bertz CT molecular complexity index is 449. The highest BCUT2D eigenvalue weighted by Gasteiger charge is 2.17. The molecule has 0 spiro atoms. The third-order valence-corrected chi connectivity index (χ3v) is 2.40. The van der Waals surface area contributed by atoms with Crippen molar-refractivity contribution in [2.45, 2.75) is 19.8 Å². The molecule has 16 heavy (non-hydrogen) atoms. The molecule has 0 fully saturated rings. The van der Waals surface area contributed by atoms with Crippen LogP contribution >= 0.6 is 15.9 Å². The van der Waals surface area contributed by atoms with Gasteiger partial charge in [-0.2, -0.15) is 0 Å². The van der Waals surface area contributed by atoms with Crippen molar-refractivity contribution in [1.82, 2.24) is 0 Å².